The second-order valence-electron chi connectivity index (χ2n) is 4.51. The van der Waals surface area contributed by atoms with Crippen LogP contribution in [0.1, 0.15) is 13.3 Å². The van der Waals surface area contributed by atoms with Crippen LogP contribution in [0.15, 0.2) is 0 Å². The molecule has 0 bridgehead atoms. The number of carboxylic acids is 2. The van der Waals surface area contributed by atoms with Gasteiger partial charge in [-0.05, 0) is 6.92 Å². The van der Waals surface area contributed by atoms with E-state index in [2.05, 4.69) is 17.9 Å². The number of hydrogen-bond donors (Lipinski definition) is 7. The van der Waals surface area contributed by atoms with Gasteiger partial charge in [0.2, 0.25) is 11.8 Å². The Kier molecular flexibility index (Phi) is 8.45. The van der Waals surface area contributed by atoms with Crippen LogP contribution in [0.5, 0.6) is 0 Å². The lowest BCUT2D eigenvalue weighted by Crippen LogP contribution is -2.58. The SMILES string of the molecule is C[C@@H](O)[C@H](NC(=O)[C@@H](N)CS)C(=O)N[C@@H](CC(=O)O)C(=O)O. The van der Waals surface area contributed by atoms with Crippen LogP contribution < -0.4 is 16.4 Å². The third kappa shape index (κ3) is 6.74. The molecule has 7 N–H and O–H groups in total. The molecule has 0 aromatic rings. The summed E-state index contributed by atoms with van der Waals surface area (Å²) < 4.78 is 0. The largest absolute Gasteiger partial charge is 0.481 e. The molecule has 4 atom stereocenters. The Morgan fingerprint density at radius 2 is 1.68 bits per heavy atom. The van der Waals surface area contributed by atoms with Gasteiger partial charge in [-0.3, -0.25) is 14.4 Å². The molecule has 0 rings (SSSR count). The second kappa shape index (κ2) is 9.23. The molecule has 0 heterocycles. The zero-order valence-corrected chi connectivity index (χ0v) is 12.6. The Morgan fingerprint density at radius 1 is 1.14 bits per heavy atom. The van der Waals surface area contributed by atoms with Gasteiger partial charge in [0.1, 0.15) is 12.1 Å². The van der Waals surface area contributed by atoms with Gasteiger partial charge in [0, 0.05) is 5.75 Å². The number of amides is 2. The van der Waals surface area contributed by atoms with E-state index in [9.17, 15) is 24.3 Å². The fourth-order valence-electron chi connectivity index (χ4n) is 1.38. The predicted octanol–water partition coefficient (Wildman–Crippen LogP) is -2.85. The van der Waals surface area contributed by atoms with E-state index < -0.39 is 54.4 Å². The lowest BCUT2D eigenvalue weighted by molar-refractivity contribution is -0.147. The lowest BCUT2D eigenvalue weighted by atomic mass is 10.1. The number of nitrogens with two attached hydrogens (primary N) is 1. The van der Waals surface area contributed by atoms with Crippen molar-refractivity contribution in [3.05, 3.63) is 0 Å². The number of aliphatic hydroxyl groups is 1. The van der Waals surface area contributed by atoms with Crippen LogP contribution in [0, 0.1) is 0 Å². The maximum Gasteiger partial charge on any atom is 0.326 e. The first-order chi connectivity index (χ1) is 10.1. The molecule has 0 unspecified atom stereocenters. The summed E-state index contributed by atoms with van der Waals surface area (Å²) in [7, 11) is 0. The van der Waals surface area contributed by atoms with Gasteiger partial charge in [0.25, 0.3) is 0 Å². The maximum atomic E-state index is 11.9. The molecule has 0 aromatic heterocycles. The zero-order chi connectivity index (χ0) is 17.4. The molecule has 0 aromatic carbocycles. The van der Waals surface area contributed by atoms with Crippen molar-refractivity contribution in [1.29, 1.82) is 0 Å². The summed E-state index contributed by atoms with van der Waals surface area (Å²) in [4.78, 5) is 45.0. The molecule has 0 saturated carbocycles. The third-order valence-corrected chi connectivity index (χ3v) is 2.98. The Morgan fingerprint density at radius 3 is 2.05 bits per heavy atom. The van der Waals surface area contributed by atoms with Crippen molar-refractivity contribution in [2.24, 2.45) is 5.73 Å². The Labute approximate surface area is 131 Å². The lowest BCUT2D eigenvalue weighted by Gasteiger charge is -2.23. The molecule has 0 aliphatic heterocycles. The third-order valence-electron chi connectivity index (χ3n) is 2.59. The number of thiol groups is 1. The van der Waals surface area contributed by atoms with Crippen molar-refractivity contribution in [2.45, 2.75) is 37.6 Å². The van der Waals surface area contributed by atoms with Crippen molar-refractivity contribution < 1.29 is 34.5 Å². The highest BCUT2D eigenvalue weighted by Gasteiger charge is 2.31. The average Bonchev–Trinajstić information content (AvgIpc) is 2.41. The fourth-order valence-corrected chi connectivity index (χ4v) is 1.55. The van der Waals surface area contributed by atoms with Crippen LogP contribution in [0.2, 0.25) is 0 Å². The van der Waals surface area contributed by atoms with E-state index in [0.717, 1.165) is 0 Å². The van der Waals surface area contributed by atoms with Gasteiger partial charge < -0.3 is 31.7 Å². The van der Waals surface area contributed by atoms with E-state index in [4.69, 9.17) is 15.9 Å². The van der Waals surface area contributed by atoms with E-state index >= 15 is 0 Å². The van der Waals surface area contributed by atoms with Gasteiger partial charge in [-0.25, -0.2) is 4.79 Å². The molecule has 0 aliphatic rings. The van der Waals surface area contributed by atoms with Gasteiger partial charge >= 0.3 is 11.9 Å². The molecule has 0 radical (unpaired) electrons. The van der Waals surface area contributed by atoms with Crippen molar-refractivity contribution >= 4 is 36.4 Å². The summed E-state index contributed by atoms with van der Waals surface area (Å²) in [6.45, 7) is 1.20. The van der Waals surface area contributed by atoms with Crippen molar-refractivity contribution in [3.63, 3.8) is 0 Å². The number of nitrogens with one attached hydrogen (secondary N) is 2. The van der Waals surface area contributed by atoms with E-state index in [1.165, 1.54) is 6.92 Å². The van der Waals surface area contributed by atoms with Crippen LogP contribution in [0.4, 0.5) is 0 Å². The first-order valence-electron chi connectivity index (χ1n) is 6.20. The van der Waals surface area contributed by atoms with Crippen LogP contribution in [-0.2, 0) is 19.2 Å². The van der Waals surface area contributed by atoms with Crippen LogP contribution in [0.25, 0.3) is 0 Å². The number of carbonyl (C=O) groups excluding carboxylic acids is 2. The Bertz CT molecular complexity index is 443. The minimum Gasteiger partial charge on any atom is -0.481 e. The number of aliphatic carboxylic acids is 2. The van der Waals surface area contributed by atoms with Gasteiger partial charge in [0.05, 0.1) is 18.6 Å². The molecule has 10 nitrogen and oxygen atoms in total. The Balaban J connectivity index is 4.95. The van der Waals surface area contributed by atoms with Gasteiger partial charge in [-0.1, -0.05) is 0 Å². The summed E-state index contributed by atoms with van der Waals surface area (Å²) >= 11 is 3.81. The summed E-state index contributed by atoms with van der Waals surface area (Å²) in [5, 5.41) is 31.0. The molecular formula is C11H19N3O7S. The number of aliphatic hydroxyl groups excluding tert-OH is 1. The number of rotatable bonds is 9. The van der Waals surface area contributed by atoms with Gasteiger partial charge in [-0.2, -0.15) is 12.6 Å². The predicted molar refractivity (Wildman–Crippen MR) is 77.3 cm³/mol. The molecule has 22 heavy (non-hydrogen) atoms. The van der Waals surface area contributed by atoms with E-state index in [1.807, 2.05) is 5.32 Å². The highest BCUT2D eigenvalue weighted by Crippen LogP contribution is 1.99. The molecule has 0 saturated heterocycles. The molecule has 0 spiro atoms. The second-order valence-corrected chi connectivity index (χ2v) is 4.88. The van der Waals surface area contributed by atoms with Crippen molar-refractivity contribution in [1.82, 2.24) is 10.6 Å². The van der Waals surface area contributed by atoms with Crippen LogP contribution in [0.3, 0.4) is 0 Å². The normalized spacial score (nSPS) is 16.0. The first kappa shape index (κ1) is 20.1. The number of hydrogen-bond acceptors (Lipinski definition) is 7. The Hall–Kier alpha value is -1.85. The van der Waals surface area contributed by atoms with E-state index in [1.54, 1.807) is 0 Å². The smallest absolute Gasteiger partial charge is 0.326 e. The number of carbonyl (C=O) groups is 4. The monoisotopic (exact) mass is 337 g/mol. The van der Waals surface area contributed by atoms with E-state index in [0.29, 0.717) is 0 Å². The number of carboxylic acid groups (broad SMARTS) is 2. The quantitative estimate of drug-likeness (QED) is 0.220. The van der Waals surface area contributed by atoms with Gasteiger partial charge in [-0.15, -0.1) is 0 Å². The van der Waals surface area contributed by atoms with Gasteiger partial charge in [0.15, 0.2) is 0 Å². The molecule has 2 amide bonds. The summed E-state index contributed by atoms with van der Waals surface area (Å²) in [5.74, 6) is -4.79. The standard InChI is InChI=1S/C11H19N3O7S/c1-4(15)8(14-9(18)5(12)3-22)10(19)13-6(11(20)21)2-7(16)17/h4-6,8,15,22H,2-3,12H2,1H3,(H,13,19)(H,14,18)(H,16,17)(H,20,21)/t4-,5+,6+,8+/m1/s1. The molecular weight excluding hydrogens is 318 g/mol. The van der Waals surface area contributed by atoms with Crippen molar-refractivity contribution in [3.8, 4) is 0 Å². The summed E-state index contributed by atoms with van der Waals surface area (Å²) in [6, 6.07) is -4.19. The summed E-state index contributed by atoms with van der Waals surface area (Å²) in [6.07, 6.45) is -2.20. The average molecular weight is 337 g/mol. The van der Waals surface area contributed by atoms with Crippen LogP contribution >= 0.6 is 12.6 Å². The summed E-state index contributed by atoms with van der Waals surface area (Å²) in [5.41, 5.74) is 5.41. The first-order valence-corrected chi connectivity index (χ1v) is 6.83. The molecule has 126 valence electrons. The van der Waals surface area contributed by atoms with E-state index in [-0.39, 0.29) is 5.75 Å². The topological polar surface area (TPSA) is 179 Å². The maximum absolute atomic E-state index is 11.9. The molecule has 0 aliphatic carbocycles. The zero-order valence-electron chi connectivity index (χ0n) is 11.7. The minimum atomic E-state index is -1.69. The van der Waals surface area contributed by atoms with Crippen molar-refractivity contribution in [2.75, 3.05) is 5.75 Å². The molecule has 0 fully saturated rings. The van der Waals surface area contributed by atoms with Crippen LogP contribution in [-0.4, -0.2) is 69.1 Å². The highest BCUT2D eigenvalue weighted by molar-refractivity contribution is 7.80. The highest BCUT2D eigenvalue weighted by atomic mass is 32.1. The fraction of sp³-hybridized carbons (Fsp3) is 0.636. The minimum absolute atomic E-state index is 0.00323. The molecule has 11 heteroatoms.